The van der Waals surface area contributed by atoms with Crippen molar-refractivity contribution >= 4 is 0 Å². The molecule has 0 aromatic carbocycles. The van der Waals surface area contributed by atoms with E-state index < -0.39 is 5.60 Å². The number of aliphatic hydroxyl groups is 1. The van der Waals surface area contributed by atoms with E-state index in [0.29, 0.717) is 18.4 Å². The van der Waals surface area contributed by atoms with E-state index in [2.05, 4.69) is 44.1 Å². The van der Waals surface area contributed by atoms with Gasteiger partial charge in [0.1, 0.15) is 0 Å². The van der Waals surface area contributed by atoms with Crippen molar-refractivity contribution in [3.63, 3.8) is 0 Å². The SMILES string of the molecule is CC(C)CCC(C)(O)CNC(c1cccnc1)C(C)C. The predicted molar refractivity (Wildman–Crippen MR) is 84.5 cm³/mol. The van der Waals surface area contributed by atoms with Crippen molar-refractivity contribution in [2.75, 3.05) is 6.54 Å². The summed E-state index contributed by atoms with van der Waals surface area (Å²) in [7, 11) is 0. The van der Waals surface area contributed by atoms with E-state index >= 15 is 0 Å². The van der Waals surface area contributed by atoms with Gasteiger partial charge in [0.25, 0.3) is 0 Å². The van der Waals surface area contributed by atoms with Crippen molar-refractivity contribution in [2.24, 2.45) is 11.8 Å². The lowest BCUT2D eigenvalue weighted by Gasteiger charge is -2.30. The van der Waals surface area contributed by atoms with Crippen LogP contribution >= 0.6 is 0 Å². The molecule has 1 heterocycles. The van der Waals surface area contributed by atoms with Gasteiger partial charge in [0, 0.05) is 25.0 Å². The molecule has 0 aliphatic rings. The Bertz CT molecular complexity index is 374. The van der Waals surface area contributed by atoms with Gasteiger partial charge >= 0.3 is 0 Å². The third-order valence-corrected chi connectivity index (χ3v) is 3.67. The van der Waals surface area contributed by atoms with E-state index in [1.807, 2.05) is 19.2 Å². The molecule has 0 aliphatic carbocycles. The summed E-state index contributed by atoms with van der Waals surface area (Å²) in [6.07, 6.45) is 5.57. The maximum absolute atomic E-state index is 10.5. The van der Waals surface area contributed by atoms with Gasteiger partial charge in [-0.2, -0.15) is 0 Å². The van der Waals surface area contributed by atoms with Gasteiger partial charge in [-0.15, -0.1) is 0 Å². The number of hydrogen-bond acceptors (Lipinski definition) is 3. The van der Waals surface area contributed by atoms with Crippen LogP contribution in [0.5, 0.6) is 0 Å². The second kappa shape index (κ2) is 7.75. The Morgan fingerprint density at radius 2 is 2.00 bits per heavy atom. The highest BCUT2D eigenvalue weighted by Gasteiger charge is 2.24. The summed E-state index contributed by atoms with van der Waals surface area (Å²) in [6.45, 7) is 11.3. The van der Waals surface area contributed by atoms with Crippen LogP contribution in [-0.2, 0) is 0 Å². The second-order valence-electron chi connectivity index (χ2n) is 6.82. The molecule has 1 aromatic heterocycles. The number of pyridine rings is 1. The van der Waals surface area contributed by atoms with Gasteiger partial charge in [0.05, 0.1) is 5.60 Å². The molecule has 0 saturated heterocycles. The third kappa shape index (κ3) is 6.02. The van der Waals surface area contributed by atoms with Crippen LogP contribution in [0.1, 0.15) is 59.1 Å². The number of nitrogens with one attached hydrogen (secondary N) is 1. The minimum atomic E-state index is -0.653. The van der Waals surface area contributed by atoms with Gasteiger partial charge in [0.15, 0.2) is 0 Å². The Balaban J connectivity index is 2.59. The summed E-state index contributed by atoms with van der Waals surface area (Å²) in [5, 5.41) is 14.0. The van der Waals surface area contributed by atoms with E-state index in [1.165, 1.54) is 5.56 Å². The van der Waals surface area contributed by atoms with Crippen LogP contribution in [0.4, 0.5) is 0 Å². The maximum atomic E-state index is 10.5. The molecule has 2 unspecified atom stereocenters. The zero-order valence-electron chi connectivity index (χ0n) is 13.6. The van der Waals surface area contributed by atoms with Crippen molar-refractivity contribution in [1.82, 2.24) is 10.3 Å². The van der Waals surface area contributed by atoms with Crippen LogP contribution in [0.3, 0.4) is 0 Å². The zero-order chi connectivity index (χ0) is 15.2. The largest absolute Gasteiger partial charge is 0.389 e. The topological polar surface area (TPSA) is 45.1 Å². The fourth-order valence-electron chi connectivity index (χ4n) is 2.32. The minimum absolute atomic E-state index is 0.231. The highest BCUT2D eigenvalue weighted by atomic mass is 16.3. The first-order valence-electron chi connectivity index (χ1n) is 7.67. The van der Waals surface area contributed by atoms with Crippen LogP contribution in [0.2, 0.25) is 0 Å². The van der Waals surface area contributed by atoms with Crippen molar-refractivity contribution in [3.05, 3.63) is 30.1 Å². The average molecular weight is 278 g/mol. The molecule has 20 heavy (non-hydrogen) atoms. The molecule has 0 saturated carbocycles. The van der Waals surface area contributed by atoms with Gasteiger partial charge in [0.2, 0.25) is 0 Å². The molecule has 0 fully saturated rings. The summed E-state index contributed by atoms with van der Waals surface area (Å²) < 4.78 is 0. The molecule has 0 radical (unpaired) electrons. The van der Waals surface area contributed by atoms with Crippen molar-refractivity contribution in [1.29, 1.82) is 0 Å². The lowest BCUT2D eigenvalue weighted by Crippen LogP contribution is -2.41. The van der Waals surface area contributed by atoms with Gasteiger partial charge in [-0.3, -0.25) is 4.98 Å². The van der Waals surface area contributed by atoms with Gasteiger partial charge in [-0.1, -0.05) is 33.8 Å². The average Bonchev–Trinajstić information content (AvgIpc) is 2.37. The van der Waals surface area contributed by atoms with Gasteiger partial charge < -0.3 is 10.4 Å². The third-order valence-electron chi connectivity index (χ3n) is 3.67. The normalized spacial score (nSPS) is 16.4. The lowest BCUT2D eigenvalue weighted by molar-refractivity contribution is 0.0409. The first kappa shape index (κ1) is 17.1. The lowest BCUT2D eigenvalue weighted by atomic mass is 9.93. The van der Waals surface area contributed by atoms with Crippen LogP contribution in [0.15, 0.2) is 24.5 Å². The van der Waals surface area contributed by atoms with Crippen LogP contribution in [-0.4, -0.2) is 22.2 Å². The summed E-state index contributed by atoms with van der Waals surface area (Å²) in [4.78, 5) is 4.19. The number of nitrogens with zero attached hydrogens (tertiary/aromatic N) is 1. The molecule has 0 spiro atoms. The fourth-order valence-corrected chi connectivity index (χ4v) is 2.32. The second-order valence-corrected chi connectivity index (χ2v) is 6.82. The molecular formula is C17H30N2O. The molecular weight excluding hydrogens is 248 g/mol. The molecule has 3 heteroatoms. The van der Waals surface area contributed by atoms with Crippen LogP contribution in [0, 0.1) is 11.8 Å². The Morgan fingerprint density at radius 1 is 1.30 bits per heavy atom. The van der Waals surface area contributed by atoms with Crippen molar-refractivity contribution in [3.8, 4) is 0 Å². The maximum Gasteiger partial charge on any atom is 0.0743 e. The Labute approximate surface area is 123 Å². The van der Waals surface area contributed by atoms with Crippen molar-refractivity contribution in [2.45, 2.75) is 59.1 Å². The van der Waals surface area contributed by atoms with Gasteiger partial charge in [-0.05, 0) is 43.2 Å². The van der Waals surface area contributed by atoms with E-state index in [1.54, 1.807) is 6.20 Å². The highest BCUT2D eigenvalue weighted by Crippen LogP contribution is 2.22. The summed E-state index contributed by atoms with van der Waals surface area (Å²) >= 11 is 0. The molecule has 0 amide bonds. The molecule has 0 aliphatic heterocycles. The molecule has 0 bridgehead atoms. The molecule has 2 N–H and O–H groups in total. The van der Waals surface area contributed by atoms with E-state index in [-0.39, 0.29) is 6.04 Å². The van der Waals surface area contributed by atoms with E-state index in [4.69, 9.17) is 0 Å². The van der Waals surface area contributed by atoms with E-state index in [0.717, 1.165) is 12.8 Å². The summed E-state index contributed by atoms with van der Waals surface area (Å²) in [5.74, 6) is 1.08. The molecule has 1 aromatic rings. The quantitative estimate of drug-likeness (QED) is 0.764. The molecule has 3 nitrogen and oxygen atoms in total. The smallest absolute Gasteiger partial charge is 0.0743 e. The van der Waals surface area contributed by atoms with Crippen LogP contribution in [0.25, 0.3) is 0 Å². The molecule has 2 atom stereocenters. The summed E-state index contributed by atoms with van der Waals surface area (Å²) in [6, 6.07) is 4.28. The zero-order valence-corrected chi connectivity index (χ0v) is 13.6. The fraction of sp³-hybridized carbons (Fsp3) is 0.706. The molecule has 1 rings (SSSR count). The van der Waals surface area contributed by atoms with Gasteiger partial charge in [-0.25, -0.2) is 0 Å². The standard InChI is InChI=1S/C17H30N2O/c1-13(2)8-9-17(5,20)12-19-16(14(3)4)15-7-6-10-18-11-15/h6-7,10-11,13-14,16,19-20H,8-9,12H2,1-5H3. The highest BCUT2D eigenvalue weighted by molar-refractivity contribution is 5.14. The Morgan fingerprint density at radius 3 is 2.50 bits per heavy atom. The number of hydrogen-bond donors (Lipinski definition) is 2. The first-order chi connectivity index (χ1) is 9.32. The minimum Gasteiger partial charge on any atom is -0.389 e. The number of aromatic nitrogens is 1. The Hall–Kier alpha value is -0.930. The monoisotopic (exact) mass is 278 g/mol. The summed E-state index contributed by atoms with van der Waals surface area (Å²) in [5.41, 5.74) is 0.529. The first-order valence-corrected chi connectivity index (χ1v) is 7.67. The number of rotatable bonds is 8. The van der Waals surface area contributed by atoms with Crippen LogP contribution < -0.4 is 5.32 Å². The Kier molecular flexibility index (Phi) is 6.63. The van der Waals surface area contributed by atoms with E-state index in [9.17, 15) is 5.11 Å². The predicted octanol–water partition coefficient (Wildman–Crippen LogP) is 3.56. The molecule has 114 valence electrons. The van der Waals surface area contributed by atoms with Crippen molar-refractivity contribution < 1.29 is 5.11 Å².